The number of piperazine rings is 1. The van der Waals surface area contributed by atoms with Crippen molar-refractivity contribution in [3.05, 3.63) is 78.2 Å². The van der Waals surface area contributed by atoms with Gasteiger partial charge in [0.1, 0.15) is 11.3 Å². The van der Waals surface area contributed by atoms with Crippen LogP contribution in [0.1, 0.15) is 22.5 Å². The number of hydrogen-bond donors (Lipinski definition) is 1. The smallest absolute Gasteiger partial charge is 0.259 e. The fourth-order valence-corrected chi connectivity index (χ4v) is 4.81. The maximum Gasteiger partial charge on any atom is 0.259 e. The Labute approximate surface area is 205 Å². The number of hydrogen-bond acceptors (Lipinski definition) is 7. The third kappa shape index (κ3) is 5.44. The molecular weight excluding hydrogens is 442 g/mol. The summed E-state index contributed by atoms with van der Waals surface area (Å²) in [4.78, 5) is 28.2. The largest absolute Gasteiger partial charge is 0.437 e. The Kier molecular flexibility index (Phi) is 6.66. The molecule has 0 spiro atoms. The van der Waals surface area contributed by atoms with Crippen LogP contribution in [0.5, 0.6) is 11.6 Å². The Morgan fingerprint density at radius 1 is 1.00 bits per heavy atom. The second kappa shape index (κ2) is 10.0. The zero-order valence-electron chi connectivity index (χ0n) is 20.0. The van der Waals surface area contributed by atoms with E-state index in [0.29, 0.717) is 37.4 Å². The molecule has 2 fully saturated rings. The maximum absolute atomic E-state index is 13.4. The minimum atomic E-state index is -0.922. The molecule has 8 nitrogen and oxygen atoms in total. The molecule has 1 atom stereocenters. The number of aryl methyl sites for hydroxylation is 1. The highest BCUT2D eigenvalue weighted by Crippen LogP contribution is 2.28. The van der Waals surface area contributed by atoms with E-state index in [4.69, 9.17) is 4.74 Å². The molecule has 2 aliphatic rings. The first-order chi connectivity index (χ1) is 17.0. The summed E-state index contributed by atoms with van der Waals surface area (Å²) in [7, 11) is 0. The number of amides is 1. The highest BCUT2D eigenvalue weighted by molar-refractivity contribution is 5.96. The minimum absolute atomic E-state index is 0.182. The summed E-state index contributed by atoms with van der Waals surface area (Å²) < 4.78 is 5.87. The van der Waals surface area contributed by atoms with Crippen LogP contribution >= 0.6 is 0 Å². The van der Waals surface area contributed by atoms with Crippen molar-refractivity contribution in [2.24, 2.45) is 0 Å². The molecule has 2 aliphatic heterocycles. The fraction of sp³-hybridized carbons (Fsp3) is 0.370. The van der Waals surface area contributed by atoms with Gasteiger partial charge in [0.25, 0.3) is 5.91 Å². The van der Waals surface area contributed by atoms with Gasteiger partial charge in [0.15, 0.2) is 0 Å². The first-order valence-corrected chi connectivity index (χ1v) is 12.1. The molecule has 3 aromatic rings. The molecule has 0 aliphatic carbocycles. The molecule has 5 rings (SSSR count). The number of pyridine rings is 2. The summed E-state index contributed by atoms with van der Waals surface area (Å²) in [6, 6.07) is 17.5. The van der Waals surface area contributed by atoms with Crippen molar-refractivity contribution < 1.29 is 14.6 Å². The van der Waals surface area contributed by atoms with E-state index in [2.05, 4.69) is 44.0 Å². The number of aliphatic hydroxyl groups is 1. The standard InChI is InChI=1S/C27H31N5O3/c1-21-9-10-23(18-29-21)35-25-24(8-5-12-28-25)26(33)32-13-11-27(34,20-32)19-30-14-16-31(17-15-30)22-6-3-2-4-7-22/h2-10,12,18,34H,11,13-17,19-20H2,1H3/t27-/m0/s1. The number of rotatable bonds is 6. The van der Waals surface area contributed by atoms with Crippen LogP contribution in [0.15, 0.2) is 67.0 Å². The number of carbonyl (C=O) groups excluding carboxylic acids is 1. The fourth-order valence-electron chi connectivity index (χ4n) is 4.81. The number of likely N-dealkylation sites (tertiary alicyclic amines) is 1. The van der Waals surface area contributed by atoms with Gasteiger partial charge in [0.05, 0.1) is 18.3 Å². The molecule has 1 N–H and O–H groups in total. The number of nitrogens with zero attached hydrogens (tertiary/aromatic N) is 5. The van der Waals surface area contributed by atoms with Gasteiger partial charge >= 0.3 is 0 Å². The Morgan fingerprint density at radius 3 is 2.54 bits per heavy atom. The van der Waals surface area contributed by atoms with Crippen LogP contribution in [-0.4, -0.2) is 82.2 Å². The number of ether oxygens (including phenoxy) is 1. The predicted octanol–water partition coefficient (Wildman–Crippen LogP) is 2.98. The van der Waals surface area contributed by atoms with E-state index in [1.165, 1.54) is 5.69 Å². The van der Waals surface area contributed by atoms with Gasteiger partial charge in [0.2, 0.25) is 5.88 Å². The van der Waals surface area contributed by atoms with Crippen molar-refractivity contribution in [3.8, 4) is 11.6 Å². The summed E-state index contributed by atoms with van der Waals surface area (Å²) in [5.41, 5.74) is 1.58. The first-order valence-electron chi connectivity index (χ1n) is 12.1. The van der Waals surface area contributed by atoms with E-state index in [9.17, 15) is 9.90 Å². The van der Waals surface area contributed by atoms with Crippen LogP contribution in [0, 0.1) is 6.92 Å². The van der Waals surface area contributed by atoms with Crippen molar-refractivity contribution in [2.75, 3.05) is 50.7 Å². The topological polar surface area (TPSA) is 82.0 Å². The lowest BCUT2D eigenvalue weighted by molar-refractivity contribution is 0.0103. The Balaban J connectivity index is 1.19. The lowest BCUT2D eigenvalue weighted by Crippen LogP contribution is -2.53. The van der Waals surface area contributed by atoms with E-state index >= 15 is 0 Å². The van der Waals surface area contributed by atoms with Gasteiger partial charge in [-0.2, -0.15) is 0 Å². The second-order valence-corrected chi connectivity index (χ2v) is 9.39. The van der Waals surface area contributed by atoms with Gasteiger partial charge in [-0.15, -0.1) is 0 Å². The molecule has 0 bridgehead atoms. The van der Waals surface area contributed by atoms with Crippen molar-refractivity contribution in [1.29, 1.82) is 0 Å². The van der Waals surface area contributed by atoms with Gasteiger partial charge in [-0.1, -0.05) is 18.2 Å². The summed E-state index contributed by atoms with van der Waals surface area (Å²) in [6.07, 6.45) is 3.77. The lowest BCUT2D eigenvalue weighted by atomic mass is 10.0. The van der Waals surface area contributed by atoms with E-state index in [1.54, 1.807) is 35.5 Å². The van der Waals surface area contributed by atoms with Crippen LogP contribution in [0.4, 0.5) is 5.69 Å². The number of para-hydroxylation sites is 1. The SMILES string of the molecule is Cc1ccc(Oc2ncccc2C(=O)N2CC[C@](O)(CN3CCN(c4ccccc4)CC3)C2)cn1. The van der Waals surface area contributed by atoms with Crippen LogP contribution < -0.4 is 9.64 Å². The summed E-state index contributed by atoms with van der Waals surface area (Å²) in [5, 5.41) is 11.3. The van der Waals surface area contributed by atoms with Gasteiger partial charge < -0.3 is 19.6 Å². The molecule has 2 aromatic heterocycles. The lowest BCUT2D eigenvalue weighted by Gasteiger charge is -2.39. The molecule has 1 amide bonds. The zero-order chi connectivity index (χ0) is 24.3. The third-order valence-corrected chi connectivity index (χ3v) is 6.73. The van der Waals surface area contributed by atoms with E-state index in [1.807, 2.05) is 19.1 Å². The molecule has 0 radical (unpaired) electrons. The summed E-state index contributed by atoms with van der Waals surface area (Å²) in [6.45, 7) is 6.87. The average molecular weight is 474 g/mol. The van der Waals surface area contributed by atoms with E-state index < -0.39 is 5.60 Å². The van der Waals surface area contributed by atoms with Crippen molar-refractivity contribution in [2.45, 2.75) is 18.9 Å². The maximum atomic E-state index is 13.4. The Bertz CT molecular complexity index is 1150. The normalized spacial score (nSPS) is 20.7. The van der Waals surface area contributed by atoms with Crippen molar-refractivity contribution in [1.82, 2.24) is 19.8 Å². The Hall–Kier alpha value is -3.49. The number of β-amino-alcohol motifs (C(OH)–C–C–N with tert-alkyl or cyclic N) is 1. The number of anilines is 1. The molecule has 0 saturated carbocycles. The van der Waals surface area contributed by atoms with Crippen LogP contribution in [0.25, 0.3) is 0 Å². The molecule has 2 saturated heterocycles. The third-order valence-electron chi connectivity index (χ3n) is 6.73. The summed E-state index contributed by atoms with van der Waals surface area (Å²) in [5.74, 6) is 0.588. The van der Waals surface area contributed by atoms with Crippen molar-refractivity contribution >= 4 is 11.6 Å². The Morgan fingerprint density at radius 2 is 1.80 bits per heavy atom. The van der Waals surface area contributed by atoms with Gasteiger partial charge in [-0.05, 0) is 49.7 Å². The highest BCUT2D eigenvalue weighted by atomic mass is 16.5. The van der Waals surface area contributed by atoms with E-state index in [-0.39, 0.29) is 11.8 Å². The molecule has 8 heteroatoms. The minimum Gasteiger partial charge on any atom is -0.437 e. The molecule has 35 heavy (non-hydrogen) atoms. The molecule has 182 valence electrons. The monoisotopic (exact) mass is 473 g/mol. The van der Waals surface area contributed by atoms with Gasteiger partial charge in [-0.25, -0.2) is 4.98 Å². The van der Waals surface area contributed by atoms with Gasteiger partial charge in [0, 0.05) is 56.8 Å². The predicted molar refractivity (Wildman–Crippen MR) is 134 cm³/mol. The quantitative estimate of drug-likeness (QED) is 0.589. The molecule has 0 unspecified atom stereocenters. The summed E-state index contributed by atoms with van der Waals surface area (Å²) >= 11 is 0. The van der Waals surface area contributed by atoms with Crippen LogP contribution in [0.2, 0.25) is 0 Å². The molecular formula is C27H31N5O3. The number of carbonyl (C=O) groups is 1. The van der Waals surface area contributed by atoms with Crippen molar-refractivity contribution in [3.63, 3.8) is 0 Å². The molecule has 4 heterocycles. The average Bonchev–Trinajstić information content (AvgIpc) is 3.28. The van der Waals surface area contributed by atoms with E-state index in [0.717, 1.165) is 31.9 Å². The van der Waals surface area contributed by atoms with Crippen LogP contribution in [-0.2, 0) is 0 Å². The second-order valence-electron chi connectivity index (χ2n) is 9.39. The van der Waals surface area contributed by atoms with Gasteiger partial charge in [-0.3, -0.25) is 14.7 Å². The highest BCUT2D eigenvalue weighted by Gasteiger charge is 2.40. The number of aromatic nitrogens is 2. The zero-order valence-corrected chi connectivity index (χ0v) is 20.0. The number of benzene rings is 1. The van der Waals surface area contributed by atoms with Crippen LogP contribution in [0.3, 0.4) is 0 Å². The molecule has 1 aromatic carbocycles. The first kappa shape index (κ1) is 23.3.